The van der Waals surface area contributed by atoms with E-state index in [0.717, 1.165) is 0 Å². The Balaban J connectivity index is 2.31. The van der Waals surface area contributed by atoms with Crippen LogP contribution in [-0.4, -0.2) is 27.6 Å². The largest absolute Gasteiger partial charge is 0.416 e. The monoisotopic (exact) mass is 234 g/mol. The van der Waals surface area contributed by atoms with Crippen LogP contribution in [0.2, 0.25) is 0 Å². The van der Waals surface area contributed by atoms with Crippen LogP contribution in [-0.2, 0) is 17.9 Å². The molecule has 0 N–H and O–H groups in total. The second-order valence-electron chi connectivity index (χ2n) is 3.58. The third-order valence-electron chi connectivity index (χ3n) is 2.40. The van der Waals surface area contributed by atoms with Gasteiger partial charge < -0.3 is 9.30 Å². The summed E-state index contributed by atoms with van der Waals surface area (Å²) in [6, 6.07) is 0. The summed E-state index contributed by atoms with van der Waals surface area (Å²) in [5.41, 5.74) is 0.491. The molecule has 1 aromatic rings. The number of Topliss-reactive ketones (excluding diaryl/α,β-unsaturated/α-hetero) is 1. The molecule has 0 amide bonds. The highest BCUT2D eigenvalue weighted by molar-refractivity contribution is 5.90. The van der Waals surface area contributed by atoms with Crippen molar-refractivity contribution in [1.29, 1.82) is 0 Å². The number of rotatable bonds is 1. The molecule has 0 saturated heterocycles. The fraction of sp³-hybridized carbons (Fsp3) is 0.556. The minimum absolute atomic E-state index is 0.0487. The summed E-state index contributed by atoms with van der Waals surface area (Å²) in [6.07, 6.45) is -4.92. The SMILES string of the molecule is CC(=O)c1ncc2n1CC(C(F)(F)F)OC2. The van der Waals surface area contributed by atoms with Gasteiger partial charge in [0.2, 0.25) is 0 Å². The van der Waals surface area contributed by atoms with E-state index in [9.17, 15) is 18.0 Å². The van der Waals surface area contributed by atoms with Gasteiger partial charge >= 0.3 is 6.18 Å². The quantitative estimate of drug-likeness (QED) is 0.692. The van der Waals surface area contributed by atoms with Gasteiger partial charge in [-0.1, -0.05) is 0 Å². The number of carbonyl (C=O) groups excluding carboxylic acids is 1. The predicted molar refractivity (Wildman–Crippen MR) is 46.9 cm³/mol. The first kappa shape index (κ1) is 11.1. The van der Waals surface area contributed by atoms with Crippen LogP contribution in [0.5, 0.6) is 0 Å². The molecule has 4 nitrogen and oxygen atoms in total. The van der Waals surface area contributed by atoms with Crippen molar-refractivity contribution in [1.82, 2.24) is 9.55 Å². The van der Waals surface area contributed by atoms with Crippen LogP contribution in [0, 0.1) is 0 Å². The van der Waals surface area contributed by atoms with E-state index >= 15 is 0 Å². The number of nitrogens with zero attached hydrogens (tertiary/aromatic N) is 2. The Bertz CT molecular complexity index is 425. The molecule has 0 saturated carbocycles. The lowest BCUT2D eigenvalue weighted by Gasteiger charge is -2.27. The van der Waals surface area contributed by atoms with E-state index in [0.29, 0.717) is 5.69 Å². The number of imidazole rings is 1. The Morgan fingerprint density at radius 2 is 2.31 bits per heavy atom. The molecule has 0 radical (unpaired) electrons. The van der Waals surface area contributed by atoms with Crippen molar-refractivity contribution in [2.24, 2.45) is 0 Å². The Hall–Kier alpha value is -1.37. The zero-order chi connectivity index (χ0) is 11.9. The first-order valence-electron chi connectivity index (χ1n) is 4.63. The van der Waals surface area contributed by atoms with E-state index in [2.05, 4.69) is 9.72 Å². The van der Waals surface area contributed by atoms with Crippen molar-refractivity contribution in [2.45, 2.75) is 32.4 Å². The van der Waals surface area contributed by atoms with Crippen molar-refractivity contribution in [3.05, 3.63) is 17.7 Å². The number of aromatic nitrogens is 2. The summed E-state index contributed by atoms with van der Waals surface area (Å²) in [4.78, 5) is 14.9. The fourth-order valence-electron chi connectivity index (χ4n) is 1.61. The molecule has 1 atom stereocenters. The standard InChI is InChI=1S/C9H9F3N2O2/c1-5(15)8-13-2-6-4-16-7(3-14(6)8)9(10,11)12/h2,7H,3-4H2,1H3. The van der Waals surface area contributed by atoms with Crippen LogP contribution in [0.3, 0.4) is 0 Å². The maximum Gasteiger partial charge on any atom is 0.416 e. The Morgan fingerprint density at radius 1 is 1.62 bits per heavy atom. The van der Waals surface area contributed by atoms with Crippen molar-refractivity contribution in [3.8, 4) is 0 Å². The molecule has 0 fully saturated rings. The third-order valence-corrected chi connectivity index (χ3v) is 2.40. The van der Waals surface area contributed by atoms with E-state index in [1.54, 1.807) is 0 Å². The summed E-state index contributed by atoms with van der Waals surface area (Å²) < 4.78 is 43.2. The average Bonchev–Trinajstić information content (AvgIpc) is 2.58. The van der Waals surface area contributed by atoms with Gasteiger partial charge in [-0.25, -0.2) is 4.98 Å². The van der Waals surface area contributed by atoms with E-state index in [-0.39, 0.29) is 18.2 Å². The van der Waals surface area contributed by atoms with E-state index in [1.807, 2.05) is 0 Å². The van der Waals surface area contributed by atoms with Crippen molar-refractivity contribution in [2.75, 3.05) is 0 Å². The van der Waals surface area contributed by atoms with Gasteiger partial charge in [0.1, 0.15) is 0 Å². The second kappa shape index (κ2) is 3.58. The van der Waals surface area contributed by atoms with Crippen LogP contribution in [0.25, 0.3) is 0 Å². The number of ether oxygens (including phenoxy) is 1. The maximum atomic E-state index is 12.4. The van der Waals surface area contributed by atoms with Crippen LogP contribution >= 0.6 is 0 Å². The molecule has 0 spiro atoms. The molecule has 1 aromatic heterocycles. The van der Waals surface area contributed by atoms with Gasteiger partial charge in [0.25, 0.3) is 0 Å². The summed E-state index contributed by atoms with van der Waals surface area (Å²) in [6.45, 7) is 0.686. The highest BCUT2D eigenvalue weighted by Gasteiger charge is 2.43. The smallest absolute Gasteiger partial charge is 0.361 e. The number of halogens is 3. The molecule has 0 aromatic carbocycles. The number of carbonyl (C=O) groups is 1. The van der Waals surface area contributed by atoms with Gasteiger partial charge in [-0.3, -0.25) is 4.79 Å². The summed E-state index contributed by atoms with van der Waals surface area (Å²) in [5, 5.41) is 0. The lowest BCUT2D eigenvalue weighted by molar-refractivity contribution is -0.233. The molecular weight excluding hydrogens is 225 g/mol. The Kier molecular flexibility index (Phi) is 2.49. The van der Waals surface area contributed by atoms with E-state index in [4.69, 9.17) is 0 Å². The lowest BCUT2D eigenvalue weighted by atomic mass is 10.2. The van der Waals surface area contributed by atoms with Crippen LogP contribution in [0.1, 0.15) is 23.2 Å². The summed E-state index contributed by atoms with van der Waals surface area (Å²) >= 11 is 0. The minimum Gasteiger partial charge on any atom is -0.361 e. The molecule has 0 bridgehead atoms. The van der Waals surface area contributed by atoms with Gasteiger partial charge in [0.15, 0.2) is 17.7 Å². The summed E-state index contributed by atoms with van der Waals surface area (Å²) in [5.74, 6) is -0.304. The molecule has 1 aliphatic heterocycles. The number of hydrogen-bond acceptors (Lipinski definition) is 3. The fourth-order valence-corrected chi connectivity index (χ4v) is 1.61. The Labute approximate surface area is 89.0 Å². The number of fused-ring (bicyclic) bond motifs is 1. The number of ketones is 1. The predicted octanol–water partition coefficient (Wildman–Crippen LogP) is 1.55. The molecule has 88 valence electrons. The zero-order valence-electron chi connectivity index (χ0n) is 8.41. The highest BCUT2D eigenvalue weighted by atomic mass is 19.4. The molecule has 2 heterocycles. The molecular formula is C9H9F3N2O2. The average molecular weight is 234 g/mol. The van der Waals surface area contributed by atoms with E-state index < -0.39 is 18.8 Å². The van der Waals surface area contributed by atoms with Gasteiger partial charge in [0, 0.05) is 6.92 Å². The molecule has 1 aliphatic rings. The van der Waals surface area contributed by atoms with Gasteiger partial charge in [-0.05, 0) is 0 Å². The first-order valence-corrected chi connectivity index (χ1v) is 4.63. The van der Waals surface area contributed by atoms with Crippen molar-refractivity contribution in [3.63, 3.8) is 0 Å². The van der Waals surface area contributed by atoms with Gasteiger partial charge in [-0.15, -0.1) is 0 Å². The topological polar surface area (TPSA) is 44.1 Å². The molecule has 0 aliphatic carbocycles. The molecule has 7 heteroatoms. The van der Waals surface area contributed by atoms with Crippen molar-refractivity contribution < 1.29 is 22.7 Å². The van der Waals surface area contributed by atoms with Crippen LogP contribution in [0.15, 0.2) is 6.20 Å². The summed E-state index contributed by atoms with van der Waals surface area (Å²) in [7, 11) is 0. The molecule has 16 heavy (non-hydrogen) atoms. The van der Waals surface area contributed by atoms with Crippen LogP contribution < -0.4 is 0 Å². The first-order chi connectivity index (χ1) is 7.39. The van der Waals surface area contributed by atoms with E-state index in [1.165, 1.54) is 17.7 Å². The third kappa shape index (κ3) is 1.82. The second-order valence-corrected chi connectivity index (χ2v) is 3.58. The molecule has 1 unspecified atom stereocenters. The zero-order valence-corrected chi connectivity index (χ0v) is 8.41. The Morgan fingerprint density at radius 3 is 2.88 bits per heavy atom. The number of hydrogen-bond donors (Lipinski definition) is 0. The van der Waals surface area contributed by atoms with Crippen LogP contribution in [0.4, 0.5) is 13.2 Å². The maximum absolute atomic E-state index is 12.4. The highest BCUT2D eigenvalue weighted by Crippen LogP contribution is 2.29. The number of alkyl halides is 3. The van der Waals surface area contributed by atoms with Gasteiger partial charge in [-0.2, -0.15) is 13.2 Å². The normalized spacial score (nSPS) is 20.6. The lowest BCUT2D eigenvalue weighted by Crippen LogP contribution is -2.39. The molecule has 2 rings (SSSR count). The van der Waals surface area contributed by atoms with Crippen molar-refractivity contribution >= 4 is 5.78 Å². The van der Waals surface area contributed by atoms with Gasteiger partial charge in [0.05, 0.1) is 25.0 Å². The minimum atomic E-state index is -4.42.